The SMILES string of the molecule is CCc1cc(NCCN2CCOCC2)n2nc3nc(C)cc(C)c3c2n1. The molecule has 1 fully saturated rings. The summed E-state index contributed by atoms with van der Waals surface area (Å²) in [5.74, 6) is 0.982. The van der Waals surface area contributed by atoms with Crippen LogP contribution < -0.4 is 5.32 Å². The van der Waals surface area contributed by atoms with E-state index in [1.54, 1.807) is 0 Å². The fraction of sp³-hybridized carbons (Fsp3) is 0.526. The van der Waals surface area contributed by atoms with Crippen LogP contribution in [0.1, 0.15) is 23.9 Å². The van der Waals surface area contributed by atoms with Crippen LogP contribution in [0.3, 0.4) is 0 Å². The second-order valence-corrected chi connectivity index (χ2v) is 6.88. The van der Waals surface area contributed by atoms with Crippen molar-refractivity contribution >= 4 is 22.5 Å². The van der Waals surface area contributed by atoms with E-state index in [1.807, 2.05) is 11.4 Å². The predicted molar refractivity (Wildman–Crippen MR) is 103 cm³/mol. The van der Waals surface area contributed by atoms with Gasteiger partial charge in [0.15, 0.2) is 11.3 Å². The molecule has 7 heteroatoms. The maximum absolute atomic E-state index is 5.42. The van der Waals surface area contributed by atoms with Gasteiger partial charge in [-0.3, -0.25) is 4.90 Å². The zero-order chi connectivity index (χ0) is 18.1. The largest absolute Gasteiger partial charge is 0.379 e. The molecule has 0 aromatic carbocycles. The van der Waals surface area contributed by atoms with Gasteiger partial charge in [0.25, 0.3) is 0 Å². The van der Waals surface area contributed by atoms with E-state index in [-0.39, 0.29) is 0 Å². The molecule has 0 radical (unpaired) electrons. The summed E-state index contributed by atoms with van der Waals surface area (Å²) in [6.45, 7) is 11.7. The standard InChI is InChI=1S/C19H26N6O/c1-4-15-12-16(20-5-6-24-7-9-26-10-8-24)25-19(22-15)17-13(2)11-14(3)21-18(17)23-25/h11-12,20H,4-10H2,1-3H3. The number of ether oxygens (including phenoxy) is 1. The zero-order valence-electron chi connectivity index (χ0n) is 15.7. The Morgan fingerprint density at radius 3 is 2.73 bits per heavy atom. The van der Waals surface area contributed by atoms with E-state index < -0.39 is 0 Å². The van der Waals surface area contributed by atoms with Gasteiger partial charge >= 0.3 is 0 Å². The van der Waals surface area contributed by atoms with Gasteiger partial charge in [0, 0.05) is 43.6 Å². The molecule has 0 spiro atoms. The molecule has 7 nitrogen and oxygen atoms in total. The van der Waals surface area contributed by atoms with E-state index in [9.17, 15) is 0 Å². The van der Waals surface area contributed by atoms with Gasteiger partial charge in [0.1, 0.15) is 5.82 Å². The van der Waals surface area contributed by atoms with Crippen LogP contribution in [0.2, 0.25) is 0 Å². The lowest BCUT2D eigenvalue weighted by Gasteiger charge is -2.26. The minimum Gasteiger partial charge on any atom is -0.379 e. The van der Waals surface area contributed by atoms with Gasteiger partial charge in [0.05, 0.1) is 18.6 Å². The molecular weight excluding hydrogens is 328 g/mol. The summed E-state index contributed by atoms with van der Waals surface area (Å²) in [6.07, 6.45) is 0.889. The van der Waals surface area contributed by atoms with Gasteiger partial charge < -0.3 is 10.1 Å². The number of aryl methyl sites for hydroxylation is 3. The molecular formula is C19H26N6O. The number of aromatic nitrogens is 4. The maximum atomic E-state index is 5.42. The Balaban J connectivity index is 1.67. The summed E-state index contributed by atoms with van der Waals surface area (Å²) in [5.41, 5.74) is 4.87. The second-order valence-electron chi connectivity index (χ2n) is 6.88. The lowest BCUT2D eigenvalue weighted by Crippen LogP contribution is -2.39. The highest BCUT2D eigenvalue weighted by molar-refractivity contribution is 5.93. The second kappa shape index (κ2) is 7.17. The molecule has 0 unspecified atom stereocenters. The van der Waals surface area contributed by atoms with Crippen LogP contribution in [0.5, 0.6) is 0 Å². The number of morpholine rings is 1. The Bertz CT molecular complexity index is 929. The molecule has 0 bridgehead atoms. The molecule has 1 aliphatic rings. The van der Waals surface area contributed by atoms with Gasteiger partial charge in [-0.2, -0.15) is 4.52 Å². The molecule has 0 amide bonds. The van der Waals surface area contributed by atoms with Crippen LogP contribution in [0.25, 0.3) is 16.7 Å². The number of hydrogen-bond donors (Lipinski definition) is 1. The van der Waals surface area contributed by atoms with Crippen molar-refractivity contribution in [2.45, 2.75) is 27.2 Å². The van der Waals surface area contributed by atoms with Gasteiger partial charge in [-0.1, -0.05) is 6.92 Å². The van der Waals surface area contributed by atoms with Crippen LogP contribution >= 0.6 is 0 Å². The Morgan fingerprint density at radius 2 is 1.96 bits per heavy atom. The quantitative estimate of drug-likeness (QED) is 0.758. The third-order valence-corrected chi connectivity index (χ3v) is 4.93. The first-order valence-corrected chi connectivity index (χ1v) is 9.36. The first kappa shape index (κ1) is 17.2. The Kier molecular flexibility index (Phi) is 4.74. The summed E-state index contributed by atoms with van der Waals surface area (Å²) in [6, 6.07) is 4.19. The number of fused-ring (bicyclic) bond motifs is 3. The summed E-state index contributed by atoms with van der Waals surface area (Å²) < 4.78 is 7.32. The topological polar surface area (TPSA) is 67.6 Å². The number of nitrogens with one attached hydrogen (secondary N) is 1. The number of pyridine rings is 1. The average molecular weight is 354 g/mol. The monoisotopic (exact) mass is 354 g/mol. The van der Waals surface area contributed by atoms with Gasteiger partial charge in [-0.25, -0.2) is 9.97 Å². The van der Waals surface area contributed by atoms with Gasteiger partial charge in [-0.15, -0.1) is 5.10 Å². The average Bonchev–Trinajstić information content (AvgIpc) is 3.01. The third kappa shape index (κ3) is 3.24. The van der Waals surface area contributed by atoms with Crippen molar-refractivity contribution in [2.75, 3.05) is 44.7 Å². The minimum atomic E-state index is 0.763. The van der Waals surface area contributed by atoms with E-state index in [4.69, 9.17) is 14.8 Å². The molecule has 1 saturated heterocycles. The van der Waals surface area contributed by atoms with Gasteiger partial charge in [-0.05, 0) is 31.9 Å². The third-order valence-electron chi connectivity index (χ3n) is 4.93. The first-order valence-electron chi connectivity index (χ1n) is 9.36. The normalized spacial score (nSPS) is 15.8. The van der Waals surface area contributed by atoms with Crippen molar-refractivity contribution in [1.29, 1.82) is 0 Å². The number of nitrogens with zero attached hydrogens (tertiary/aromatic N) is 5. The highest BCUT2D eigenvalue weighted by Crippen LogP contribution is 2.24. The fourth-order valence-electron chi connectivity index (χ4n) is 3.55. The smallest absolute Gasteiger partial charge is 0.184 e. The number of anilines is 1. The van der Waals surface area contributed by atoms with Crippen molar-refractivity contribution in [3.63, 3.8) is 0 Å². The molecule has 0 aliphatic carbocycles. The van der Waals surface area contributed by atoms with Crippen LogP contribution in [0.15, 0.2) is 12.1 Å². The number of hydrogen-bond acceptors (Lipinski definition) is 6. The minimum absolute atomic E-state index is 0.763. The summed E-state index contributed by atoms with van der Waals surface area (Å²) in [7, 11) is 0. The number of rotatable bonds is 5. The molecule has 3 aromatic rings. The molecule has 26 heavy (non-hydrogen) atoms. The fourth-order valence-corrected chi connectivity index (χ4v) is 3.55. The summed E-state index contributed by atoms with van der Waals surface area (Å²) in [4.78, 5) is 11.8. The molecule has 4 heterocycles. The Hall–Kier alpha value is -2.25. The van der Waals surface area contributed by atoms with Crippen molar-refractivity contribution in [1.82, 2.24) is 24.5 Å². The lowest BCUT2D eigenvalue weighted by molar-refractivity contribution is 0.0398. The lowest BCUT2D eigenvalue weighted by atomic mass is 10.2. The van der Waals surface area contributed by atoms with E-state index >= 15 is 0 Å². The van der Waals surface area contributed by atoms with Crippen molar-refractivity contribution in [2.24, 2.45) is 0 Å². The molecule has 3 aromatic heterocycles. The Labute approximate surface area is 153 Å². The van der Waals surface area contributed by atoms with Crippen LogP contribution in [-0.2, 0) is 11.2 Å². The molecule has 138 valence electrons. The molecule has 0 atom stereocenters. The van der Waals surface area contributed by atoms with Crippen molar-refractivity contribution in [3.8, 4) is 0 Å². The van der Waals surface area contributed by atoms with Crippen LogP contribution in [0, 0.1) is 13.8 Å². The molecule has 1 aliphatic heterocycles. The highest BCUT2D eigenvalue weighted by atomic mass is 16.5. The predicted octanol–water partition coefficient (Wildman–Crippen LogP) is 2.20. The van der Waals surface area contributed by atoms with Crippen LogP contribution in [0.4, 0.5) is 5.82 Å². The van der Waals surface area contributed by atoms with Gasteiger partial charge in [0.2, 0.25) is 0 Å². The van der Waals surface area contributed by atoms with E-state index in [1.165, 1.54) is 5.56 Å². The van der Waals surface area contributed by atoms with Crippen molar-refractivity contribution in [3.05, 3.63) is 29.1 Å². The summed E-state index contributed by atoms with van der Waals surface area (Å²) >= 11 is 0. The van der Waals surface area contributed by atoms with Crippen LogP contribution in [-0.4, -0.2) is 63.9 Å². The Morgan fingerprint density at radius 1 is 1.15 bits per heavy atom. The molecule has 4 rings (SSSR count). The zero-order valence-corrected chi connectivity index (χ0v) is 15.7. The highest BCUT2D eigenvalue weighted by Gasteiger charge is 2.15. The van der Waals surface area contributed by atoms with E-state index in [2.05, 4.69) is 41.2 Å². The maximum Gasteiger partial charge on any atom is 0.184 e. The van der Waals surface area contributed by atoms with E-state index in [0.29, 0.717) is 0 Å². The molecule has 1 N–H and O–H groups in total. The van der Waals surface area contributed by atoms with E-state index in [0.717, 1.165) is 79.7 Å². The summed E-state index contributed by atoms with van der Waals surface area (Å²) in [5, 5.41) is 9.32. The molecule has 0 saturated carbocycles. The van der Waals surface area contributed by atoms with Crippen molar-refractivity contribution < 1.29 is 4.74 Å². The first-order chi connectivity index (χ1) is 12.7.